The lowest BCUT2D eigenvalue weighted by molar-refractivity contribution is 0.0960. The third-order valence-electron chi connectivity index (χ3n) is 7.28. The second kappa shape index (κ2) is 9.37. The van der Waals surface area contributed by atoms with Gasteiger partial charge in [-0.15, -0.1) is 0 Å². The fourth-order valence-electron chi connectivity index (χ4n) is 4.95. The summed E-state index contributed by atoms with van der Waals surface area (Å²) < 4.78 is 23.4. The second-order valence-corrected chi connectivity index (χ2v) is 11.1. The van der Waals surface area contributed by atoms with Crippen molar-refractivity contribution in [3.05, 3.63) is 63.7 Å². The van der Waals surface area contributed by atoms with Gasteiger partial charge < -0.3 is 19.1 Å². The highest BCUT2D eigenvalue weighted by Gasteiger charge is 2.31. The van der Waals surface area contributed by atoms with Crippen molar-refractivity contribution in [2.75, 3.05) is 50.2 Å². The van der Waals surface area contributed by atoms with Crippen molar-refractivity contribution in [1.29, 1.82) is 0 Å². The first-order valence-electron chi connectivity index (χ1n) is 12.7. The first kappa shape index (κ1) is 25.1. The smallest absolute Gasteiger partial charge is 0.275 e. The fourth-order valence-corrected chi connectivity index (χ4v) is 4.95. The Hall–Kier alpha value is -3.59. The van der Waals surface area contributed by atoms with Crippen molar-refractivity contribution in [1.82, 2.24) is 14.9 Å². The van der Waals surface area contributed by atoms with Gasteiger partial charge in [0.1, 0.15) is 17.9 Å². The molecule has 2 N–H and O–H groups in total. The van der Waals surface area contributed by atoms with Gasteiger partial charge in [-0.05, 0) is 43.1 Å². The molecule has 0 aliphatic carbocycles. The van der Waals surface area contributed by atoms with Gasteiger partial charge in [0.05, 0.1) is 22.6 Å². The van der Waals surface area contributed by atoms with Gasteiger partial charge in [-0.3, -0.25) is 20.4 Å². The summed E-state index contributed by atoms with van der Waals surface area (Å²) in [6.07, 6.45) is 1.56. The second-order valence-electron chi connectivity index (χ2n) is 11.1. The molecule has 0 bridgehead atoms. The molecule has 1 saturated heterocycles. The summed E-state index contributed by atoms with van der Waals surface area (Å²) in [6.45, 7) is 11.6. The topological polar surface area (TPSA) is 78.8 Å². The molecule has 9 heteroatoms. The zero-order valence-corrected chi connectivity index (χ0v) is 22.0. The summed E-state index contributed by atoms with van der Waals surface area (Å²) in [6, 6.07) is 8.85. The number of nitrogens with zero attached hydrogens (tertiary/aromatic N) is 3. The van der Waals surface area contributed by atoms with Crippen LogP contribution in [0.5, 0.6) is 5.75 Å². The fraction of sp³-hybridized carbons (Fsp3) is 0.429. The zero-order chi connectivity index (χ0) is 26.5. The van der Waals surface area contributed by atoms with Crippen molar-refractivity contribution >= 4 is 28.2 Å². The van der Waals surface area contributed by atoms with Crippen LogP contribution in [0, 0.1) is 5.82 Å². The number of halogens is 1. The number of pyridine rings is 1. The van der Waals surface area contributed by atoms with Crippen LogP contribution < -0.4 is 25.9 Å². The van der Waals surface area contributed by atoms with Crippen LogP contribution in [0.25, 0.3) is 10.9 Å². The maximum Gasteiger partial charge on any atom is 0.275 e. The Morgan fingerprint density at radius 2 is 1.78 bits per heavy atom. The molecule has 3 aromatic rings. The number of amides is 1. The highest BCUT2D eigenvalue weighted by atomic mass is 19.1. The Labute approximate surface area is 216 Å². The lowest BCUT2D eigenvalue weighted by Crippen LogP contribution is -2.45. The van der Waals surface area contributed by atoms with Gasteiger partial charge in [-0.25, -0.2) is 4.39 Å². The maximum atomic E-state index is 15.5. The molecule has 0 saturated carbocycles. The van der Waals surface area contributed by atoms with Crippen LogP contribution in [0.4, 0.5) is 15.8 Å². The molecule has 8 nitrogen and oxygen atoms in total. The molecule has 196 valence electrons. The number of carbonyl (C=O) groups excluding carboxylic acids is 1. The Balaban J connectivity index is 1.48. The number of hydrazine groups is 1. The SMILES string of the molecule is CC1COc2c(N3CCN(C)CC3)c(F)cc3c(=O)c(C(=O)NNc4ccc(C(C)(C)C)cc4)cn1c23. The number of nitrogens with one attached hydrogen (secondary N) is 2. The predicted molar refractivity (Wildman–Crippen MR) is 144 cm³/mol. The molecule has 1 atom stereocenters. The highest BCUT2D eigenvalue weighted by Crippen LogP contribution is 2.42. The summed E-state index contributed by atoms with van der Waals surface area (Å²) in [5.41, 5.74) is 7.70. The van der Waals surface area contributed by atoms with E-state index in [2.05, 4.69) is 36.5 Å². The molecule has 2 aliphatic rings. The van der Waals surface area contributed by atoms with Crippen molar-refractivity contribution in [3.8, 4) is 5.75 Å². The third kappa shape index (κ3) is 4.64. The van der Waals surface area contributed by atoms with E-state index in [-0.39, 0.29) is 22.4 Å². The van der Waals surface area contributed by atoms with Crippen LogP contribution in [0.1, 0.15) is 49.7 Å². The number of anilines is 2. The standard InChI is InChI=1S/C28H34FN5O3/c1-17-16-37-26-23-20(14-22(29)24(26)33-12-10-32(5)11-13-33)25(35)21(15-34(17)23)27(36)31-30-19-8-6-18(7-9-19)28(2,3)4/h6-9,14-15,17,30H,10-13,16H2,1-5H3,(H,31,36). The van der Waals surface area contributed by atoms with Gasteiger partial charge >= 0.3 is 0 Å². The van der Waals surface area contributed by atoms with Crippen LogP contribution in [0.15, 0.2) is 41.3 Å². The van der Waals surface area contributed by atoms with Crippen LogP contribution in [0.3, 0.4) is 0 Å². The lowest BCUT2D eigenvalue weighted by Gasteiger charge is -2.37. The van der Waals surface area contributed by atoms with Gasteiger partial charge in [0, 0.05) is 32.4 Å². The molecule has 1 aromatic heterocycles. The third-order valence-corrected chi connectivity index (χ3v) is 7.28. The molecule has 0 radical (unpaired) electrons. The van der Waals surface area contributed by atoms with Gasteiger partial charge in [0.2, 0.25) is 5.43 Å². The van der Waals surface area contributed by atoms with Crippen LogP contribution >= 0.6 is 0 Å². The normalized spacial score (nSPS) is 18.0. The summed E-state index contributed by atoms with van der Waals surface area (Å²) in [5.74, 6) is -0.724. The summed E-state index contributed by atoms with van der Waals surface area (Å²) in [4.78, 5) is 30.7. The van der Waals surface area contributed by atoms with Crippen LogP contribution in [-0.4, -0.2) is 55.2 Å². The van der Waals surface area contributed by atoms with E-state index in [9.17, 15) is 9.59 Å². The first-order chi connectivity index (χ1) is 17.5. The number of hydrogen-bond donors (Lipinski definition) is 2. The molecule has 2 aromatic carbocycles. The van der Waals surface area contributed by atoms with Crippen molar-refractivity contribution in [2.45, 2.75) is 39.2 Å². The van der Waals surface area contributed by atoms with Crippen LogP contribution in [0.2, 0.25) is 0 Å². The minimum Gasteiger partial charge on any atom is -0.487 e. The minimum absolute atomic E-state index is 0.0156. The number of carbonyl (C=O) groups is 1. The number of hydrogen-bond acceptors (Lipinski definition) is 6. The summed E-state index contributed by atoms with van der Waals surface area (Å²) >= 11 is 0. The molecule has 37 heavy (non-hydrogen) atoms. The van der Waals surface area contributed by atoms with E-state index in [1.807, 2.05) is 47.7 Å². The minimum atomic E-state index is -0.584. The quantitative estimate of drug-likeness (QED) is 0.522. The maximum absolute atomic E-state index is 15.5. The van der Waals surface area contributed by atoms with Crippen LogP contribution in [-0.2, 0) is 5.41 Å². The molecular formula is C28H34FN5O3. The van der Waals surface area contributed by atoms with E-state index in [1.54, 1.807) is 6.20 Å². The first-order valence-corrected chi connectivity index (χ1v) is 12.7. The molecule has 2 aliphatic heterocycles. The Morgan fingerprint density at radius 3 is 2.43 bits per heavy atom. The number of aromatic nitrogens is 1. The molecule has 3 heterocycles. The molecule has 1 fully saturated rings. The number of benzene rings is 2. The average Bonchev–Trinajstić information content (AvgIpc) is 2.86. The monoisotopic (exact) mass is 507 g/mol. The number of rotatable bonds is 4. The lowest BCUT2D eigenvalue weighted by atomic mass is 9.87. The van der Waals surface area contributed by atoms with Crippen molar-refractivity contribution < 1.29 is 13.9 Å². The Morgan fingerprint density at radius 1 is 1.11 bits per heavy atom. The van der Waals surface area contributed by atoms with Gasteiger partial charge in [-0.1, -0.05) is 32.9 Å². The summed E-state index contributed by atoms with van der Waals surface area (Å²) in [7, 11) is 2.04. The zero-order valence-electron chi connectivity index (χ0n) is 22.0. The molecule has 1 unspecified atom stereocenters. The van der Waals surface area contributed by atoms with E-state index in [0.29, 0.717) is 42.3 Å². The van der Waals surface area contributed by atoms with E-state index in [4.69, 9.17) is 4.74 Å². The van der Waals surface area contributed by atoms with Gasteiger partial charge in [-0.2, -0.15) is 0 Å². The predicted octanol–water partition coefficient (Wildman–Crippen LogP) is 3.90. The molecule has 1 amide bonds. The molecular weight excluding hydrogens is 473 g/mol. The summed E-state index contributed by atoms with van der Waals surface area (Å²) in [5, 5.41) is 0.138. The van der Waals surface area contributed by atoms with E-state index >= 15 is 4.39 Å². The van der Waals surface area contributed by atoms with Crippen molar-refractivity contribution in [2.24, 2.45) is 0 Å². The highest BCUT2D eigenvalue weighted by molar-refractivity contribution is 6.00. The van der Waals surface area contributed by atoms with E-state index < -0.39 is 17.2 Å². The Kier molecular flexibility index (Phi) is 6.35. The number of piperazine rings is 1. The van der Waals surface area contributed by atoms with Gasteiger partial charge in [0.15, 0.2) is 11.6 Å². The Bertz CT molecular complexity index is 1400. The average molecular weight is 508 g/mol. The number of ether oxygens (including phenoxy) is 1. The van der Waals surface area contributed by atoms with E-state index in [1.165, 1.54) is 11.6 Å². The van der Waals surface area contributed by atoms with Crippen molar-refractivity contribution in [3.63, 3.8) is 0 Å². The molecule has 5 rings (SSSR count). The molecule has 0 spiro atoms. The largest absolute Gasteiger partial charge is 0.487 e. The number of likely N-dealkylation sites (N-methyl/N-ethyl adjacent to an activating group) is 1. The van der Waals surface area contributed by atoms with E-state index in [0.717, 1.165) is 13.1 Å². The van der Waals surface area contributed by atoms with Gasteiger partial charge in [0.25, 0.3) is 5.91 Å².